The van der Waals surface area contributed by atoms with Gasteiger partial charge in [-0.25, -0.2) is 0 Å². The van der Waals surface area contributed by atoms with Crippen molar-refractivity contribution in [2.75, 3.05) is 6.61 Å². The lowest BCUT2D eigenvalue weighted by molar-refractivity contribution is 0.253. The highest BCUT2D eigenvalue weighted by Gasteiger charge is 2.42. The van der Waals surface area contributed by atoms with E-state index in [1.54, 1.807) is 12.5 Å². The zero-order chi connectivity index (χ0) is 21.9. The smallest absolute Gasteiger partial charge is 0.170 e. The first kappa shape index (κ1) is 20.3. The molecule has 4 heterocycles. The van der Waals surface area contributed by atoms with Crippen molar-refractivity contribution in [3.8, 4) is 17.1 Å². The zero-order valence-corrected chi connectivity index (χ0v) is 18.4. The van der Waals surface area contributed by atoms with Gasteiger partial charge in [-0.1, -0.05) is 6.07 Å². The van der Waals surface area contributed by atoms with Gasteiger partial charge in [-0.15, -0.1) is 0 Å². The average Bonchev–Trinajstić information content (AvgIpc) is 3.57. The van der Waals surface area contributed by atoms with Gasteiger partial charge in [0.25, 0.3) is 0 Å². The van der Waals surface area contributed by atoms with Crippen molar-refractivity contribution < 1.29 is 13.6 Å². The molecule has 1 saturated heterocycles. The summed E-state index contributed by atoms with van der Waals surface area (Å²) < 4.78 is 17.5. The van der Waals surface area contributed by atoms with Crippen molar-refractivity contribution in [1.82, 2.24) is 15.2 Å². The van der Waals surface area contributed by atoms with E-state index in [1.165, 1.54) is 0 Å². The van der Waals surface area contributed by atoms with E-state index in [0.29, 0.717) is 18.3 Å². The highest BCUT2D eigenvalue weighted by atomic mass is 32.1. The molecule has 3 aromatic heterocycles. The van der Waals surface area contributed by atoms with Gasteiger partial charge in [-0.3, -0.25) is 4.98 Å². The van der Waals surface area contributed by atoms with Gasteiger partial charge < -0.3 is 23.8 Å². The SMILES string of the molecule is CCOc1ccc(-c2ccc(C3C(c4ccccn4)NC(=S)N3Cc3ccco3)o2)cc1. The molecule has 4 aromatic rings. The van der Waals surface area contributed by atoms with E-state index in [2.05, 4.69) is 15.2 Å². The second-order valence-corrected chi connectivity index (χ2v) is 7.88. The Balaban J connectivity index is 1.49. The van der Waals surface area contributed by atoms with E-state index in [0.717, 1.165) is 34.3 Å². The molecule has 32 heavy (non-hydrogen) atoms. The minimum Gasteiger partial charge on any atom is -0.494 e. The van der Waals surface area contributed by atoms with Crippen molar-refractivity contribution in [3.05, 3.63) is 96.4 Å². The van der Waals surface area contributed by atoms with Gasteiger partial charge in [0.1, 0.15) is 29.1 Å². The molecular weight excluding hydrogens is 422 g/mol. The number of nitrogens with one attached hydrogen (secondary N) is 1. The largest absolute Gasteiger partial charge is 0.494 e. The predicted molar refractivity (Wildman–Crippen MR) is 125 cm³/mol. The van der Waals surface area contributed by atoms with E-state index >= 15 is 0 Å². The molecule has 6 nitrogen and oxygen atoms in total. The Hall–Kier alpha value is -3.58. The van der Waals surface area contributed by atoms with Crippen LogP contribution in [-0.2, 0) is 6.54 Å². The van der Waals surface area contributed by atoms with E-state index in [4.69, 9.17) is 25.8 Å². The lowest BCUT2D eigenvalue weighted by atomic mass is 10.0. The van der Waals surface area contributed by atoms with Gasteiger partial charge in [-0.05, 0) is 79.8 Å². The van der Waals surface area contributed by atoms with E-state index in [-0.39, 0.29) is 12.1 Å². The van der Waals surface area contributed by atoms with Crippen LogP contribution in [-0.4, -0.2) is 21.6 Å². The van der Waals surface area contributed by atoms with Crippen molar-refractivity contribution >= 4 is 17.3 Å². The highest BCUT2D eigenvalue weighted by Crippen LogP contribution is 2.41. The molecule has 0 saturated carbocycles. The summed E-state index contributed by atoms with van der Waals surface area (Å²) in [5.74, 6) is 3.27. The standard InChI is InChI=1S/C25H23N3O3S/c1-2-29-18-10-8-17(9-11-18)21-12-13-22(31-21)24-23(20-7-3-4-14-26-20)27-25(32)28(24)16-19-6-5-15-30-19/h3-15,23-24H,2,16H2,1H3,(H,27,32). The summed E-state index contributed by atoms with van der Waals surface area (Å²) in [6.07, 6.45) is 3.46. The van der Waals surface area contributed by atoms with Gasteiger partial charge in [0.05, 0.1) is 31.2 Å². The summed E-state index contributed by atoms with van der Waals surface area (Å²) in [5.41, 5.74) is 1.89. The lowest BCUT2D eigenvalue weighted by Gasteiger charge is -2.25. The Morgan fingerprint density at radius 2 is 1.94 bits per heavy atom. The van der Waals surface area contributed by atoms with Crippen LogP contribution in [0.15, 0.2) is 88.0 Å². The van der Waals surface area contributed by atoms with Crippen LogP contribution in [0.5, 0.6) is 5.75 Å². The maximum atomic E-state index is 6.36. The van der Waals surface area contributed by atoms with Crippen molar-refractivity contribution in [2.45, 2.75) is 25.6 Å². The molecule has 162 valence electrons. The van der Waals surface area contributed by atoms with Crippen LogP contribution in [0.2, 0.25) is 0 Å². The highest BCUT2D eigenvalue weighted by molar-refractivity contribution is 7.80. The number of hydrogen-bond acceptors (Lipinski definition) is 5. The Morgan fingerprint density at radius 1 is 1.06 bits per heavy atom. The fourth-order valence-electron chi connectivity index (χ4n) is 4.00. The van der Waals surface area contributed by atoms with Crippen LogP contribution < -0.4 is 10.1 Å². The minimum atomic E-state index is -0.168. The Bertz CT molecular complexity index is 1170. The molecule has 7 heteroatoms. The zero-order valence-electron chi connectivity index (χ0n) is 17.6. The second kappa shape index (κ2) is 8.88. The van der Waals surface area contributed by atoms with E-state index in [1.807, 2.05) is 73.7 Å². The number of rotatable bonds is 7. The first-order chi connectivity index (χ1) is 15.7. The molecule has 1 N–H and O–H groups in total. The van der Waals surface area contributed by atoms with Gasteiger partial charge in [0.2, 0.25) is 0 Å². The minimum absolute atomic E-state index is 0.141. The normalized spacial score (nSPS) is 18.0. The molecular formula is C25H23N3O3S. The maximum absolute atomic E-state index is 6.36. The van der Waals surface area contributed by atoms with E-state index in [9.17, 15) is 0 Å². The Kier molecular flexibility index (Phi) is 5.64. The molecule has 1 aromatic carbocycles. The van der Waals surface area contributed by atoms with Gasteiger partial charge in [0.15, 0.2) is 5.11 Å². The molecule has 0 aliphatic carbocycles. The van der Waals surface area contributed by atoms with Crippen LogP contribution in [0.1, 0.15) is 36.2 Å². The summed E-state index contributed by atoms with van der Waals surface area (Å²) in [6, 6.07) is 21.3. The number of pyridine rings is 1. The van der Waals surface area contributed by atoms with Crippen LogP contribution in [0.25, 0.3) is 11.3 Å². The molecule has 2 atom stereocenters. The summed E-state index contributed by atoms with van der Waals surface area (Å²) in [5, 5.41) is 4.07. The van der Waals surface area contributed by atoms with Crippen LogP contribution in [0.4, 0.5) is 0 Å². The summed E-state index contributed by atoms with van der Waals surface area (Å²) >= 11 is 5.70. The number of ether oxygens (including phenoxy) is 1. The Morgan fingerprint density at radius 3 is 2.66 bits per heavy atom. The number of nitrogens with zero attached hydrogens (tertiary/aromatic N) is 2. The number of benzene rings is 1. The first-order valence-corrected chi connectivity index (χ1v) is 11.0. The summed E-state index contributed by atoms with van der Waals surface area (Å²) in [7, 11) is 0. The summed E-state index contributed by atoms with van der Waals surface area (Å²) in [4.78, 5) is 6.66. The third kappa shape index (κ3) is 3.99. The number of aromatic nitrogens is 1. The van der Waals surface area contributed by atoms with Crippen molar-refractivity contribution in [2.24, 2.45) is 0 Å². The van der Waals surface area contributed by atoms with Gasteiger partial charge >= 0.3 is 0 Å². The number of hydrogen-bond donors (Lipinski definition) is 1. The fourth-order valence-corrected chi connectivity index (χ4v) is 4.31. The van der Waals surface area contributed by atoms with Gasteiger partial charge in [-0.2, -0.15) is 0 Å². The van der Waals surface area contributed by atoms with Crippen molar-refractivity contribution in [3.63, 3.8) is 0 Å². The van der Waals surface area contributed by atoms with Gasteiger partial charge in [0, 0.05) is 11.8 Å². The first-order valence-electron chi connectivity index (χ1n) is 10.6. The topological polar surface area (TPSA) is 63.7 Å². The maximum Gasteiger partial charge on any atom is 0.170 e. The molecule has 0 bridgehead atoms. The molecule has 2 unspecified atom stereocenters. The second-order valence-electron chi connectivity index (χ2n) is 7.49. The monoisotopic (exact) mass is 445 g/mol. The average molecular weight is 446 g/mol. The van der Waals surface area contributed by atoms with Crippen LogP contribution in [0.3, 0.4) is 0 Å². The molecule has 0 amide bonds. The molecule has 0 spiro atoms. The molecule has 1 aliphatic heterocycles. The third-order valence-electron chi connectivity index (χ3n) is 5.47. The predicted octanol–water partition coefficient (Wildman–Crippen LogP) is 5.51. The number of furan rings is 2. The Labute approximate surface area is 191 Å². The lowest BCUT2D eigenvalue weighted by Crippen LogP contribution is -2.28. The van der Waals surface area contributed by atoms with Crippen molar-refractivity contribution in [1.29, 1.82) is 0 Å². The molecule has 5 rings (SSSR count). The molecule has 1 aliphatic rings. The number of thiocarbonyl (C=S) groups is 1. The fraction of sp³-hybridized carbons (Fsp3) is 0.200. The third-order valence-corrected chi connectivity index (χ3v) is 5.82. The molecule has 1 fully saturated rings. The molecule has 0 radical (unpaired) electrons. The van der Waals surface area contributed by atoms with Crippen LogP contribution >= 0.6 is 12.2 Å². The van der Waals surface area contributed by atoms with Crippen LogP contribution in [0, 0.1) is 0 Å². The van der Waals surface area contributed by atoms with E-state index < -0.39 is 0 Å². The quantitative estimate of drug-likeness (QED) is 0.377. The summed E-state index contributed by atoms with van der Waals surface area (Å²) in [6.45, 7) is 3.14.